The van der Waals surface area contributed by atoms with Crippen molar-refractivity contribution < 1.29 is 22.7 Å². The van der Waals surface area contributed by atoms with Gasteiger partial charge in [-0.15, -0.1) is 5.10 Å². The number of methoxy groups -OCH3 is 1. The molecular weight excluding hydrogens is 348 g/mol. The highest BCUT2D eigenvalue weighted by molar-refractivity contribution is 7.90. The molecule has 1 amide bonds. The summed E-state index contributed by atoms with van der Waals surface area (Å²) in [5, 5.41) is 7.26. The Labute approximate surface area is 144 Å². The Bertz CT molecular complexity index is 964. The third kappa shape index (κ3) is 2.58. The molecule has 0 spiro atoms. The topological polar surface area (TPSA) is 111 Å². The van der Waals surface area contributed by atoms with Crippen LogP contribution in [0.25, 0.3) is 0 Å². The highest BCUT2D eigenvalue weighted by Gasteiger charge is 2.43. The highest BCUT2D eigenvalue weighted by atomic mass is 32.2. The van der Waals surface area contributed by atoms with E-state index in [2.05, 4.69) is 15.0 Å². The van der Waals surface area contributed by atoms with E-state index < -0.39 is 28.6 Å². The van der Waals surface area contributed by atoms with E-state index in [0.29, 0.717) is 9.87 Å². The summed E-state index contributed by atoms with van der Waals surface area (Å²) in [6.45, 7) is 3.30. The van der Waals surface area contributed by atoms with E-state index >= 15 is 0 Å². The smallest absolute Gasteiger partial charge is 0.358 e. The Morgan fingerprint density at radius 1 is 1.32 bits per heavy atom. The fraction of sp³-hybridized carbons (Fsp3) is 0.333. The number of benzene rings is 1. The maximum atomic E-state index is 12.8. The van der Waals surface area contributed by atoms with Crippen LogP contribution in [0.5, 0.6) is 0 Å². The van der Waals surface area contributed by atoms with Gasteiger partial charge in [0, 0.05) is 0 Å². The van der Waals surface area contributed by atoms with Gasteiger partial charge in [0.1, 0.15) is 11.6 Å². The van der Waals surface area contributed by atoms with Crippen LogP contribution in [0, 0.1) is 0 Å². The van der Waals surface area contributed by atoms with E-state index in [1.165, 1.54) is 13.2 Å². The number of esters is 1. The average Bonchev–Trinajstić information content (AvgIpc) is 3.12. The predicted molar refractivity (Wildman–Crippen MR) is 85.2 cm³/mol. The zero-order valence-corrected chi connectivity index (χ0v) is 14.6. The summed E-state index contributed by atoms with van der Waals surface area (Å²) in [5.41, 5.74) is 0.767. The van der Waals surface area contributed by atoms with Gasteiger partial charge in [-0.25, -0.2) is 22.2 Å². The number of ether oxygens (including phenoxy) is 1. The molecule has 9 nitrogen and oxygen atoms in total. The minimum Gasteiger partial charge on any atom is -0.464 e. The van der Waals surface area contributed by atoms with Crippen LogP contribution >= 0.6 is 0 Å². The monoisotopic (exact) mass is 364 g/mol. The fourth-order valence-electron chi connectivity index (χ4n) is 2.71. The van der Waals surface area contributed by atoms with Gasteiger partial charge < -0.3 is 4.74 Å². The van der Waals surface area contributed by atoms with Crippen LogP contribution in [-0.2, 0) is 21.4 Å². The molecule has 1 aromatic carbocycles. The second kappa shape index (κ2) is 5.96. The molecule has 0 unspecified atom stereocenters. The molecule has 1 aliphatic heterocycles. The maximum absolute atomic E-state index is 12.8. The zero-order valence-electron chi connectivity index (χ0n) is 13.8. The zero-order chi connectivity index (χ0) is 18.4. The summed E-state index contributed by atoms with van der Waals surface area (Å²) in [4.78, 5) is 24.4. The summed E-state index contributed by atoms with van der Waals surface area (Å²) < 4.78 is 31.8. The molecule has 2 heterocycles. The van der Waals surface area contributed by atoms with Gasteiger partial charge in [-0.3, -0.25) is 4.79 Å². The third-order valence-electron chi connectivity index (χ3n) is 3.96. The molecule has 0 bridgehead atoms. The largest absolute Gasteiger partial charge is 0.464 e. The molecule has 0 atom stereocenters. The van der Waals surface area contributed by atoms with E-state index in [1.54, 1.807) is 12.1 Å². The van der Waals surface area contributed by atoms with Crippen LogP contribution in [0.1, 0.15) is 46.2 Å². The Kier molecular flexibility index (Phi) is 4.07. The van der Waals surface area contributed by atoms with Crippen LogP contribution in [0.15, 0.2) is 29.3 Å². The SMILES string of the molecule is COC(=O)c1cnnn1CN1C(=O)c2c(C(C)C)cccc2S1(=O)=O. The number of amides is 1. The summed E-state index contributed by atoms with van der Waals surface area (Å²) in [6.07, 6.45) is 1.14. The van der Waals surface area contributed by atoms with Gasteiger partial charge in [0.25, 0.3) is 15.9 Å². The van der Waals surface area contributed by atoms with Crippen molar-refractivity contribution in [3.05, 3.63) is 41.2 Å². The first kappa shape index (κ1) is 17.1. The minimum absolute atomic E-state index is 0.0222. The number of fused-ring (bicyclic) bond motifs is 1. The number of sulfonamides is 1. The van der Waals surface area contributed by atoms with Crippen molar-refractivity contribution >= 4 is 21.9 Å². The maximum Gasteiger partial charge on any atom is 0.358 e. The molecule has 0 fully saturated rings. The molecule has 10 heteroatoms. The molecule has 25 heavy (non-hydrogen) atoms. The Morgan fingerprint density at radius 2 is 2.04 bits per heavy atom. The van der Waals surface area contributed by atoms with Crippen molar-refractivity contribution in [3.63, 3.8) is 0 Å². The van der Waals surface area contributed by atoms with E-state index in [4.69, 9.17) is 0 Å². The molecule has 0 saturated carbocycles. The van der Waals surface area contributed by atoms with Gasteiger partial charge in [0.15, 0.2) is 5.69 Å². The number of hydrogen-bond donors (Lipinski definition) is 0. The number of aromatic nitrogens is 3. The summed E-state index contributed by atoms with van der Waals surface area (Å²) in [5.74, 6) is -1.40. The van der Waals surface area contributed by atoms with Crippen molar-refractivity contribution in [2.45, 2.75) is 31.3 Å². The highest BCUT2D eigenvalue weighted by Crippen LogP contribution is 2.35. The van der Waals surface area contributed by atoms with Crippen molar-refractivity contribution in [3.8, 4) is 0 Å². The lowest BCUT2D eigenvalue weighted by Gasteiger charge is -2.15. The second-order valence-corrected chi connectivity index (χ2v) is 7.62. The van der Waals surface area contributed by atoms with Crippen LogP contribution in [0.3, 0.4) is 0 Å². The van der Waals surface area contributed by atoms with Crippen molar-refractivity contribution in [2.24, 2.45) is 0 Å². The minimum atomic E-state index is -4.03. The Morgan fingerprint density at radius 3 is 2.68 bits per heavy atom. The molecule has 1 aromatic heterocycles. The van der Waals surface area contributed by atoms with E-state index in [0.717, 1.165) is 10.9 Å². The number of rotatable bonds is 4. The normalized spacial score (nSPS) is 15.5. The van der Waals surface area contributed by atoms with Gasteiger partial charge in [-0.1, -0.05) is 31.2 Å². The lowest BCUT2D eigenvalue weighted by Crippen LogP contribution is -2.34. The molecule has 0 saturated heterocycles. The summed E-state index contributed by atoms with van der Waals surface area (Å²) in [7, 11) is -2.85. The van der Waals surface area contributed by atoms with E-state index in [-0.39, 0.29) is 22.1 Å². The lowest BCUT2D eigenvalue weighted by molar-refractivity contribution is 0.0578. The predicted octanol–water partition coefficient (Wildman–Crippen LogP) is 0.990. The first-order valence-electron chi connectivity index (χ1n) is 7.45. The number of carbonyl (C=O) groups excluding carboxylic acids is 2. The first-order chi connectivity index (χ1) is 11.8. The van der Waals surface area contributed by atoms with Gasteiger partial charge in [0.05, 0.1) is 18.9 Å². The Balaban J connectivity index is 2.06. The third-order valence-corrected chi connectivity index (χ3v) is 5.72. The number of nitrogens with zero attached hydrogens (tertiary/aromatic N) is 4. The molecule has 3 rings (SSSR count). The van der Waals surface area contributed by atoms with Gasteiger partial charge in [0.2, 0.25) is 0 Å². The molecule has 2 aromatic rings. The van der Waals surface area contributed by atoms with Crippen molar-refractivity contribution in [2.75, 3.05) is 7.11 Å². The summed E-state index contributed by atoms with van der Waals surface area (Å²) in [6, 6.07) is 4.74. The molecular formula is C15H16N4O5S. The van der Waals surface area contributed by atoms with Crippen LogP contribution in [0.4, 0.5) is 0 Å². The lowest BCUT2D eigenvalue weighted by atomic mass is 9.97. The van der Waals surface area contributed by atoms with E-state index in [9.17, 15) is 18.0 Å². The number of carbonyl (C=O) groups is 2. The quantitative estimate of drug-likeness (QED) is 0.744. The second-order valence-electron chi connectivity index (χ2n) is 5.79. The van der Waals surface area contributed by atoms with E-state index in [1.807, 2.05) is 13.8 Å². The molecule has 0 N–H and O–H groups in total. The van der Waals surface area contributed by atoms with Crippen molar-refractivity contribution in [1.82, 2.24) is 19.3 Å². The molecule has 1 aliphatic rings. The van der Waals surface area contributed by atoms with Crippen molar-refractivity contribution in [1.29, 1.82) is 0 Å². The molecule has 132 valence electrons. The fourth-order valence-corrected chi connectivity index (χ4v) is 4.23. The Hall–Kier alpha value is -2.75. The van der Waals surface area contributed by atoms with Gasteiger partial charge in [-0.2, -0.15) is 0 Å². The molecule has 0 aliphatic carbocycles. The standard InChI is InChI=1S/C15H16N4O5S/c1-9(2)10-5-4-6-12-13(10)14(20)19(25(12,22)23)8-18-11(7-16-17-18)15(21)24-3/h4-7,9H,8H2,1-3H3. The average molecular weight is 364 g/mol. The number of hydrogen-bond acceptors (Lipinski definition) is 7. The van der Waals surface area contributed by atoms with Gasteiger partial charge in [-0.05, 0) is 17.5 Å². The van der Waals surface area contributed by atoms with Crippen LogP contribution in [0.2, 0.25) is 0 Å². The van der Waals surface area contributed by atoms with Crippen LogP contribution in [-0.4, -0.2) is 46.7 Å². The van der Waals surface area contributed by atoms with Crippen LogP contribution < -0.4 is 0 Å². The molecule has 0 radical (unpaired) electrons. The summed E-state index contributed by atoms with van der Waals surface area (Å²) >= 11 is 0. The van der Waals surface area contributed by atoms with Gasteiger partial charge >= 0.3 is 5.97 Å². The first-order valence-corrected chi connectivity index (χ1v) is 8.89.